The molecule has 0 saturated carbocycles. The first-order chi connectivity index (χ1) is 13.6. The SMILES string of the molecule is CC(=O)NC1=NC2=C(C(=O)[NH2+]1)N(Cc1ccccc1)CN2Cc1ccccc1.[Br-]. The van der Waals surface area contributed by atoms with Crippen LogP contribution in [0.15, 0.2) is 77.2 Å². The van der Waals surface area contributed by atoms with E-state index in [0.717, 1.165) is 11.1 Å². The Morgan fingerprint density at radius 1 is 1.00 bits per heavy atom. The maximum Gasteiger partial charge on any atom is 0.370 e. The number of amides is 2. The van der Waals surface area contributed by atoms with Gasteiger partial charge in [0.25, 0.3) is 0 Å². The third-order valence-electron chi connectivity index (χ3n) is 4.63. The largest absolute Gasteiger partial charge is 1.00 e. The molecule has 2 heterocycles. The van der Waals surface area contributed by atoms with Crippen molar-refractivity contribution >= 4 is 17.8 Å². The van der Waals surface area contributed by atoms with Gasteiger partial charge >= 0.3 is 11.9 Å². The van der Waals surface area contributed by atoms with Crippen LogP contribution in [0.5, 0.6) is 0 Å². The molecule has 0 fully saturated rings. The number of nitrogens with two attached hydrogens (primary N) is 1. The summed E-state index contributed by atoms with van der Waals surface area (Å²) >= 11 is 0. The third-order valence-corrected chi connectivity index (χ3v) is 4.63. The van der Waals surface area contributed by atoms with Crippen molar-refractivity contribution in [1.82, 2.24) is 15.1 Å². The number of primary amides is 1. The van der Waals surface area contributed by atoms with Crippen LogP contribution >= 0.6 is 0 Å². The monoisotopic (exact) mass is 455 g/mol. The van der Waals surface area contributed by atoms with E-state index in [-0.39, 0.29) is 34.8 Å². The molecule has 29 heavy (non-hydrogen) atoms. The number of aliphatic imine (C=N–C) groups is 1. The summed E-state index contributed by atoms with van der Waals surface area (Å²) in [6.07, 6.45) is 0. The van der Waals surface area contributed by atoms with Crippen molar-refractivity contribution in [1.29, 1.82) is 0 Å². The van der Waals surface area contributed by atoms with Crippen molar-refractivity contribution in [2.75, 3.05) is 6.67 Å². The molecule has 2 amide bonds. The summed E-state index contributed by atoms with van der Waals surface area (Å²) < 4.78 is 0. The first-order valence-corrected chi connectivity index (χ1v) is 9.17. The minimum absolute atomic E-state index is 0. The molecule has 0 saturated heterocycles. The third kappa shape index (κ3) is 4.72. The molecule has 150 valence electrons. The van der Waals surface area contributed by atoms with Gasteiger partial charge in [-0.25, -0.2) is 10.1 Å². The summed E-state index contributed by atoms with van der Waals surface area (Å²) in [5, 5.41) is 4.02. The van der Waals surface area contributed by atoms with Crippen molar-refractivity contribution in [2.24, 2.45) is 4.99 Å². The van der Waals surface area contributed by atoms with Gasteiger partial charge in [-0.05, 0) is 11.1 Å². The Morgan fingerprint density at radius 3 is 2.10 bits per heavy atom. The van der Waals surface area contributed by atoms with Crippen LogP contribution in [0.2, 0.25) is 0 Å². The molecule has 2 aromatic carbocycles. The average molecular weight is 456 g/mol. The number of hydrogen-bond donors (Lipinski definition) is 2. The highest BCUT2D eigenvalue weighted by atomic mass is 79.9. The zero-order valence-corrected chi connectivity index (χ0v) is 17.6. The van der Waals surface area contributed by atoms with Crippen LogP contribution in [0.3, 0.4) is 0 Å². The molecule has 0 spiro atoms. The lowest BCUT2D eigenvalue weighted by molar-refractivity contribution is -0.454. The van der Waals surface area contributed by atoms with Crippen LogP contribution in [-0.4, -0.2) is 34.2 Å². The molecular weight excluding hydrogens is 434 g/mol. The van der Waals surface area contributed by atoms with Crippen LogP contribution in [0.1, 0.15) is 18.1 Å². The maximum absolute atomic E-state index is 12.9. The molecule has 2 aliphatic heterocycles. The number of carbonyl (C=O) groups excluding carboxylic acids is 2. The van der Waals surface area contributed by atoms with Crippen LogP contribution in [0.25, 0.3) is 0 Å². The van der Waals surface area contributed by atoms with Crippen molar-refractivity contribution < 1.29 is 31.9 Å². The molecule has 2 aromatic rings. The predicted octanol–water partition coefficient (Wildman–Crippen LogP) is -2.27. The Hall–Kier alpha value is -2.97. The lowest BCUT2D eigenvalue weighted by atomic mass is 10.2. The summed E-state index contributed by atoms with van der Waals surface area (Å²) in [5.41, 5.74) is 2.84. The molecule has 2 aliphatic rings. The smallest absolute Gasteiger partial charge is 0.370 e. The molecule has 0 unspecified atom stereocenters. The van der Waals surface area contributed by atoms with Crippen LogP contribution in [0.4, 0.5) is 0 Å². The molecule has 0 bridgehead atoms. The van der Waals surface area contributed by atoms with E-state index < -0.39 is 0 Å². The number of hydrogen-bond acceptors (Lipinski definition) is 5. The van der Waals surface area contributed by atoms with E-state index in [2.05, 4.69) is 27.3 Å². The first-order valence-electron chi connectivity index (χ1n) is 9.17. The molecule has 8 heteroatoms. The van der Waals surface area contributed by atoms with Gasteiger partial charge in [-0.3, -0.25) is 10.1 Å². The summed E-state index contributed by atoms with van der Waals surface area (Å²) in [5.74, 6) is 0.507. The standard InChI is InChI=1S/C21H21N5O2.BrH/c1-15(27)22-21-23-19-18(20(28)24-21)25(12-16-8-4-2-5-9-16)14-26(19)13-17-10-6-3-7-11-17;/h2-11H,12-14H2,1H3,(H2,22,23,24,27,28);1H. The number of carbonyl (C=O) groups is 2. The average Bonchev–Trinajstić information content (AvgIpc) is 3.00. The number of quaternary nitrogens is 1. The van der Waals surface area contributed by atoms with Gasteiger partial charge in [0.15, 0.2) is 11.5 Å². The molecular formula is C21H22BrN5O2. The highest BCUT2D eigenvalue weighted by molar-refractivity contribution is 6.00. The fraction of sp³-hybridized carbons (Fsp3) is 0.190. The minimum atomic E-state index is -0.249. The zero-order valence-electron chi connectivity index (χ0n) is 16.0. The maximum atomic E-state index is 12.9. The van der Waals surface area contributed by atoms with Gasteiger partial charge in [-0.2, -0.15) is 4.99 Å². The van der Waals surface area contributed by atoms with E-state index in [1.165, 1.54) is 12.2 Å². The second kappa shape index (κ2) is 9.02. The van der Waals surface area contributed by atoms with E-state index in [4.69, 9.17) is 0 Å². The molecule has 0 aromatic heterocycles. The number of nitrogens with zero attached hydrogens (tertiary/aromatic N) is 3. The van der Waals surface area contributed by atoms with Gasteiger partial charge in [0.2, 0.25) is 5.91 Å². The Bertz CT molecular complexity index is 960. The number of rotatable bonds is 4. The van der Waals surface area contributed by atoms with E-state index in [9.17, 15) is 9.59 Å². The quantitative estimate of drug-likeness (QED) is 0.544. The number of guanidine groups is 1. The summed E-state index contributed by atoms with van der Waals surface area (Å²) in [6.45, 7) is 3.22. The Labute approximate surface area is 179 Å². The Morgan fingerprint density at radius 2 is 1.55 bits per heavy atom. The van der Waals surface area contributed by atoms with Gasteiger partial charge in [0.1, 0.15) is 0 Å². The van der Waals surface area contributed by atoms with Crippen molar-refractivity contribution in [3.8, 4) is 0 Å². The Kier molecular flexibility index (Phi) is 6.46. The van der Waals surface area contributed by atoms with Gasteiger partial charge in [0, 0.05) is 20.0 Å². The van der Waals surface area contributed by atoms with Gasteiger partial charge < -0.3 is 26.8 Å². The van der Waals surface area contributed by atoms with Crippen LogP contribution < -0.4 is 27.6 Å². The second-order valence-corrected chi connectivity index (χ2v) is 6.87. The Balaban J connectivity index is 0.00000240. The van der Waals surface area contributed by atoms with Crippen molar-refractivity contribution in [3.63, 3.8) is 0 Å². The van der Waals surface area contributed by atoms with E-state index in [0.29, 0.717) is 31.3 Å². The van der Waals surface area contributed by atoms with Crippen molar-refractivity contribution in [2.45, 2.75) is 20.0 Å². The fourth-order valence-electron chi connectivity index (χ4n) is 3.47. The van der Waals surface area contributed by atoms with Gasteiger partial charge in [-0.1, -0.05) is 60.7 Å². The highest BCUT2D eigenvalue weighted by Crippen LogP contribution is 2.29. The molecule has 0 aliphatic carbocycles. The lowest BCUT2D eigenvalue weighted by Gasteiger charge is -2.22. The van der Waals surface area contributed by atoms with E-state index >= 15 is 0 Å². The normalized spacial score (nSPS) is 15.6. The number of benzene rings is 2. The van der Waals surface area contributed by atoms with Crippen LogP contribution in [0, 0.1) is 0 Å². The topological polar surface area (TPSA) is 81.6 Å². The first kappa shape index (κ1) is 20.8. The second-order valence-electron chi connectivity index (χ2n) is 6.87. The molecule has 0 atom stereocenters. The summed E-state index contributed by atoms with van der Waals surface area (Å²) in [7, 11) is 0. The lowest BCUT2D eigenvalue weighted by Crippen LogP contribution is -3.00. The van der Waals surface area contributed by atoms with Gasteiger partial charge in [0.05, 0.1) is 6.67 Å². The zero-order chi connectivity index (χ0) is 19.5. The predicted molar refractivity (Wildman–Crippen MR) is 104 cm³/mol. The summed E-state index contributed by atoms with van der Waals surface area (Å²) in [4.78, 5) is 33.0. The summed E-state index contributed by atoms with van der Waals surface area (Å²) in [6, 6.07) is 20.1. The highest BCUT2D eigenvalue weighted by Gasteiger charge is 2.40. The number of halogens is 1. The van der Waals surface area contributed by atoms with E-state index in [1.54, 1.807) is 0 Å². The minimum Gasteiger partial charge on any atom is -1.00 e. The molecule has 7 nitrogen and oxygen atoms in total. The molecule has 3 N–H and O–H groups in total. The molecule has 4 rings (SSSR count). The molecule has 0 radical (unpaired) electrons. The van der Waals surface area contributed by atoms with E-state index in [1.807, 2.05) is 53.4 Å². The number of nitrogens with one attached hydrogen (secondary N) is 1. The van der Waals surface area contributed by atoms with Crippen molar-refractivity contribution in [3.05, 3.63) is 83.3 Å². The van der Waals surface area contributed by atoms with Gasteiger partial charge in [-0.15, -0.1) is 0 Å². The fourth-order valence-corrected chi connectivity index (χ4v) is 3.47. The van der Waals surface area contributed by atoms with Crippen LogP contribution in [-0.2, 0) is 22.7 Å².